The van der Waals surface area contributed by atoms with Gasteiger partial charge in [-0.1, -0.05) is 54.1 Å². The van der Waals surface area contributed by atoms with Crippen LogP contribution >= 0.6 is 11.6 Å². The Morgan fingerprint density at radius 3 is 2.56 bits per heavy atom. The lowest BCUT2D eigenvalue weighted by Crippen LogP contribution is -2.39. The summed E-state index contributed by atoms with van der Waals surface area (Å²) in [6.07, 6.45) is 5.14. The van der Waals surface area contributed by atoms with Gasteiger partial charge in [0, 0.05) is 30.6 Å². The van der Waals surface area contributed by atoms with Crippen molar-refractivity contribution >= 4 is 11.6 Å². The summed E-state index contributed by atoms with van der Waals surface area (Å²) in [6, 6.07) is 19.0. The first kappa shape index (κ1) is 18.4. The molecule has 1 heterocycles. The number of hydrogen-bond donors (Lipinski definition) is 1. The van der Waals surface area contributed by atoms with E-state index in [-0.39, 0.29) is 0 Å². The third-order valence-electron chi connectivity index (χ3n) is 5.39. The first-order valence-corrected chi connectivity index (χ1v) is 9.84. The van der Waals surface area contributed by atoms with Crippen molar-refractivity contribution in [1.82, 2.24) is 4.90 Å². The molecule has 0 spiro atoms. The molecule has 2 unspecified atom stereocenters. The van der Waals surface area contributed by atoms with E-state index in [2.05, 4.69) is 47.4 Å². The van der Waals surface area contributed by atoms with Gasteiger partial charge in [0.05, 0.1) is 0 Å². The minimum absolute atomic E-state index is 0.394. The molecule has 2 atom stereocenters. The third-order valence-corrected chi connectivity index (χ3v) is 5.64. The van der Waals surface area contributed by atoms with Crippen LogP contribution in [0, 0.1) is 5.92 Å². The fourth-order valence-corrected chi connectivity index (χ4v) is 4.06. The van der Waals surface area contributed by atoms with E-state index in [4.69, 9.17) is 17.3 Å². The summed E-state index contributed by atoms with van der Waals surface area (Å²) < 4.78 is 0. The van der Waals surface area contributed by atoms with Crippen LogP contribution in [0.4, 0.5) is 0 Å². The number of benzene rings is 2. The van der Waals surface area contributed by atoms with E-state index in [0.717, 1.165) is 17.5 Å². The van der Waals surface area contributed by atoms with E-state index in [0.29, 0.717) is 12.5 Å². The van der Waals surface area contributed by atoms with Gasteiger partial charge in [-0.2, -0.15) is 0 Å². The molecule has 0 bridgehead atoms. The normalized spacial score (nSPS) is 19.7. The Hall–Kier alpha value is -1.35. The monoisotopic (exact) mass is 356 g/mol. The van der Waals surface area contributed by atoms with E-state index < -0.39 is 0 Å². The van der Waals surface area contributed by atoms with Gasteiger partial charge in [-0.05, 0) is 61.4 Å². The molecule has 1 fully saturated rings. The zero-order valence-electron chi connectivity index (χ0n) is 14.9. The Balaban J connectivity index is 1.52. The van der Waals surface area contributed by atoms with Gasteiger partial charge in [-0.3, -0.25) is 0 Å². The predicted octanol–water partition coefficient (Wildman–Crippen LogP) is 4.73. The molecule has 0 aliphatic carbocycles. The van der Waals surface area contributed by atoms with Crippen LogP contribution < -0.4 is 5.73 Å². The number of nitrogens with two attached hydrogens (primary N) is 1. The van der Waals surface area contributed by atoms with E-state index in [1.54, 1.807) is 0 Å². The molecule has 3 heteroatoms. The Kier molecular flexibility index (Phi) is 6.92. The molecular weight excluding hydrogens is 328 g/mol. The van der Waals surface area contributed by atoms with Gasteiger partial charge in [0.25, 0.3) is 0 Å². The van der Waals surface area contributed by atoms with Crippen molar-refractivity contribution < 1.29 is 0 Å². The smallest absolute Gasteiger partial charge is 0.0406 e. The van der Waals surface area contributed by atoms with E-state index in [9.17, 15) is 0 Å². The van der Waals surface area contributed by atoms with E-state index >= 15 is 0 Å². The highest BCUT2D eigenvalue weighted by Crippen LogP contribution is 2.25. The first-order chi connectivity index (χ1) is 12.2. The van der Waals surface area contributed by atoms with Crippen molar-refractivity contribution in [2.45, 2.75) is 31.6 Å². The highest BCUT2D eigenvalue weighted by Gasteiger charge is 2.22. The van der Waals surface area contributed by atoms with E-state index in [1.807, 2.05) is 12.1 Å². The van der Waals surface area contributed by atoms with Crippen LogP contribution in [0.3, 0.4) is 0 Å². The molecule has 0 radical (unpaired) electrons. The fraction of sp³-hybridized carbons (Fsp3) is 0.455. The summed E-state index contributed by atoms with van der Waals surface area (Å²) in [5.74, 6) is 1.20. The lowest BCUT2D eigenvalue weighted by atomic mass is 9.90. The first-order valence-electron chi connectivity index (χ1n) is 9.46. The number of aryl methyl sites for hydroxylation is 1. The average Bonchev–Trinajstić information content (AvgIpc) is 2.66. The zero-order chi connectivity index (χ0) is 17.5. The topological polar surface area (TPSA) is 29.3 Å². The number of piperidine rings is 1. The van der Waals surface area contributed by atoms with Crippen LogP contribution in [0.25, 0.3) is 0 Å². The molecule has 3 rings (SSSR count). The Bertz CT molecular complexity index is 626. The van der Waals surface area contributed by atoms with Crippen molar-refractivity contribution in [3.05, 3.63) is 70.7 Å². The molecule has 1 saturated heterocycles. The molecule has 0 amide bonds. The highest BCUT2D eigenvalue weighted by atomic mass is 35.5. The maximum Gasteiger partial charge on any atom is 0.0406 e. The Morgan fingerprint density at radius 1 is 1.08 bits per heavy atom. The van der Waals surface area contributed by atoms with Crippen LogP contribution in [0.1, 0.15) is 36.3 Å². The maximum atomic E-state index is 6.07. The Labute approximate surface area is 157 Å². The van der Waals surface area contributed by atoms with Gasteiger partial charge in [0.1, 0.15) is 0 Å². The lowest BCUT2D eigenvalue weighted by molar-refractivity contribution is 0.161. The standard InChI is InChI=1S/C22H29ClN2/c23-22-12-10-20(11-13-22)21(15-24)17-25-14-4-7-19(16-25)9-8-18-5-2-1-3-6-18/h1-3,5-6,10-13,19,21H,4,7-9,14-17,24H2. The van der Waals surface area contributed by atoms with Gasteiger partial charge < -0.3 is 10.6 Å². The van der Waals surface area contributed by atoms with Crippen LogP contribution in [0.2, 0.25) is 5.02 Å². The quantitative estimate of drug-likeness (QED) is 0.777. The zero-order valence-corrected chi connectivity index (χ0v) is 15.7. The fourth-order valence-electron chi connectivity index (χ4n) is 3.93. The molecule has 2 aromatic rings. The number of nitrogens with zero attached hydrogens (tertiary/aromatic N) is 1. The van der Waals surface area contributed by atoms with Gasteiger partial charge in [0.2, 0.25) is 0 Å². The van der Waals surface area contributed by atoms with E-state index in [1.165, 1.54) is 49.9 Å². The average molecular weight is 357 g/mol. The number of halogens is 1. The minimum atomic E-state index is 0.394. The number of rotatable bonds is 7. The molecular formula is C22H29ClN2. The van der Waals surface area contributed by atoms with Crippen molar-refractivity contribution in [2.24, 2.45) is 11.7 Å². The summed E-state index contributed by atoms with van der Waals surface area (Å²) >= 11 is 6.01. The third kappa shape index (κ3) is 5.57. The molecule has 1 aliphatic heterocycles. The lowest BCUT2D eigenvalue weighted by Gasteiger charge is -2.35. The molecule has 25 heavy (non-hydrogen) atoms. The SMILES string of the molecule is NCC(CN1CCCC(CCc2ccccc2)C1)c1ccc(Cl)cc1. The van der Waals surface area contributed by atoms with Crippen molar-refractivity contribution in [3.63, 3.8) is 0 Å². The van der Waals surface area contributed by atoms with Crippen LogP contribution in [-0.4, -0.2) is 31.1 Å². The van der Waals surface area contributed by atoms with Gasteiger partial charge >= 0.3 is 0 Å². The molecule has 2 aromatic carbocycles. The van der Waals surface area contributed by atoms with Crippen molar-refractivity contribution in [3.8, 4) is 0 Å². The summed E-state index contributed by atoms with van der Waals surface area (Å²) in [5, 5.41) is 0.790. The summed E-state index contributed by atoms with van der Waals surface area (Å²) in [6.45, 7) is 4.15. The second-order valence-electron chi connectivity index (χ2n) is 7.28. The summed E-state index contributed by atoms with van der Waals surface area (Å²) in [4.78, 5) is 2.62. The Morgan fingerprint density at radius 2 is 1.84 bits per heavy atom. The molecule has 2 N–H and O–H groups in total. The van der Waals surface area contributed by atoms with Gasteiger partial charge in [-0.15, -0.1) is 0 Å². The molecule has 1 aliphatic rings. The number of hydrogen-bond acceptors (Lipinski definition) is 2. The minimum Gasteiger partial charge on any atom is -0.330 e. The van der Waals surface area contributed by atoms with Crippen LogP contribution in [0.15, 0.2) is 54.6 Å². The summed E-state index contributed by atoms with van der Waals surface area (Å²) in [7, 11) is 0. The molecule has 2 nitrogen and oxygen atoms in total. The van der Waals surface area contributed by atoms with Crippen LogP contribution in [-0.2, 0) is 6.42 Å². The number of likely N-dealkylation sites (tertiary alicyclic amines) is 1. The van der Waals surface area contributed by atoms with Crippen LogP contribution in [0.5, 0.6) is 0 Å². The largest absolute Gasteiger partial charge is 0.330 e. The second-order valence-corrected chi connectivity index (χ2v) is 7.71. The van der Waals surface area contributed by atoms with Gasteiger partial charge in [-0.25, -0.2) is 0 Å². The maximum absolute atomic E-state index is 6.07. The molecule has 134 valence electrons. The van der Waals surface area contributed by atoms with Crippen molar-refractivity contribution in [2.75, 3.05) is 26.2 Å². The molecule has 0 saturated carbocycles. The summed E-state index contributed by atoms with van der Waals surface area (Å²) in [5.41, 5.74) is 8.83. The second kappa shape index (κ2) is 9.38. The molecule has 0 aromatic heterocycles. The highest BCUT2D eigenvalue weighted by molar-refractivity contribution is 6.30. The van der Waals surface area contributed by atoms with Crippen molar-refractivity contribution in [1.29, 1.82) is 0 Å². The predicted molar refractivity (Wildman–Crippen MR) is 107 cm³/mol. The van der Waals surface area contributed by atoms with Gasteiger partial charge in [0.15, 0.2) is 0 Å².